The molecule has 1 aliphatic rings. The molecule has 4 rings (SSSR count). The van der Waals surface area contributed by atoms with E-state index in [1.54, 1.807) is 23.1 Å². The Bertz CT molecular complexity index is 1010. The Morgan fingerprint density at radius 1 is 1.19 bits per heavy atom. The highest BCUT2D eigenvalue weighted by molar-refractivity contribution is 8.00. The second-order valence-corrected chi connectivity index (χ2v) is 9.77. The molecule has 1 aliphatic heterocycles. The third-order valence-corrected chi connectivity index (χ3v) is 7.57. The minimum absolute atomic E-state index is 0.107. The number of amides is 1. The molecule has 164 valence electrons. The van der Waals surface area contributed by atoms with Gasteiger partial charge in [-0.1, -0.05) is 48.1 Å². The summed E-state index contributed by atoms with van der Waals surface area (Å²) in [6.45, 7) is 9.06. The lowest BCUT2D eigenvalue weighted by molar-refractivity contribution is -0.116. The summed E-state index contributed by atoms with van der Waals surface area (Å²) in [5.41, 5.74) is 3.49. The fraction of sp³-hybridized carbons (Fsp3) is 0.417. The molecule has 0 aliphatic carbocycles. The quantitative estimate of drug-likeness (QED) is 0.464. The van der Waals surface area contributed by atoms with Crippen LogP contribution in [0.5, 0.6) is 0 Å². The smallest absolute Gasteiger partial charge is 0.239 e. The van der Waals surface area contributed by atoms with Crippen LogP contribution in [0.4, 0.5) is 5.13 Å². The Morgan fingerprint density at radius 2 is 1.97 bits per heavy atom. The van der Waals surface area contributed by atoms with Crippen molar-refractivity contribution in [2.24, 2.45) is 0 Å². The van der Waals surface area contributed by atoms with Gasteiger partial charge in [-0.2, -0.15) is 0 Å². The van der Waals surface area contributed by atoms with Crippen LogP contribution in [0.15, 0.2) is 47.4 Å². The van der Waals surface area contributed by atoms with Crippen LogP contribution in [0, 0.1) is 6.92 Å². The monoisotopic (exact) mass is 455 g/mol. The number of fused-ring (bicyclic) bond motifs is 1. The predicted octanol–water partition coefficient (Wildman–Crippen LogP) is 4.62. The number of thiazole rings is 1. The number of carbonyl (C=O) groups excluding carboxylic acids is 1. The molecule has 0 N–H and O–H groups in total. The van der Waals surface area contributed by atoms with Crippen molar-refractivity contribution in [2.45, 2.75) is 25.2 Å². The molecule has 3 aromatic rings. The molecule has 2 heterocycles. The molecule has 0 radical (unpaired) electrons. The summed E-state index contributed by atoms with van der Waals surface area (Å²) in [6.07, 6.45) is 0.936. The molecular weight excluding hydrogens is 426 g/mol. The summed E-state index contributed by atoms with van der Waals surface area (Å²) in [5, 5.41) is 0.804. The van der Waals surface area contributed by atoms with Gasteiger partial charge in [-0.05, 0) is 37.1 Å². The number of carbonyl (C=O) groups is 1. The summed E-state index contributed by atoms with van der Waals surface area (Å²) in [6, 6.07) is 14.6. The Morgan fingerprint density at radius 3 is 2.71 bits per heavy atom. The van der Waals surface area contributed by atoms with Gasteiger partial charge in [0.25, 0.3) is 0 Å². The van der Waals surface area contributed by atoms with Gasteiger partial charge in [0.05, 0.1) is 29.2 Å². The van der Waals surface area contributed by atoms with E-state index in [1.165, 1.54) is 11.1 Å². The highest BCUT2D eigenvalue weighted by Gasteiger charge is 2.22. The maximum absolute atomic E-state index is 13.3. The van der Waals surface area contributed by atoms with Gasteiger partial charge in [-0.15, -0.1) is 11.8 Å². The Balaban J connectivity index is 1.52. The highest BCUT2D eigenvalue weighted by atomic mass is 32.2. The van der Waals surface area contributed by atoms with Gasteiger partial charge in [0.1, 0.15) is 0 Å². The molecule has 5 nitrogen and oxygen atoms in total. The lowest BCUT2D eigenvalue weighted by Gasteiger charge is -2.29. The van der Waals surface area contributed by atoms with E-state index in [1.807, 2.05) is 4.90 Å². The first-order valence-corrected chi connectivity index (χ1v) is 12.6. The first-order valence-electron chi connectivity index (χ1n) is 10.8. The zero-order chi connectivity index (χ0) is 21.6. The van der Waals surface area contributed by atoms with Crippen molar-refractivity contribution in [3.8, 4) is 0 Å². The number of anilines is 1. The van der Waals surface area contributed by atoms with Crippen LogP contribution in [-0.4, -0.2) is 60.9 Å². The molecule has 7 heteroatoms. The summed E-state index contributed by atoms with van der Waals surface area (Å²) < 4.78 is 6.61. The molecular formula is C24H29N3O2S2. The number of ether oxygens (including phenoxy) is 1. The van der Waals surface area contributed by atoms with Crippen LogP contribution in [-0.2, 0) is 16.0 Å². The summed E-state index contributed by atoms with van der Waals surface area (Å²) in [5.74, 6) is 0.513. The summed E-state index contributed by atoms with van der Waals surface area (Å²) in [4.78, 5) is 23.6. The second kappa shape index (κ2) is 10.6. The number of thioether (sulfide) groups is 1. The van der Waals surface area contributed by atoms with E-state index in [0.29, 0.717) is 12.3 Å². The normalized spacial score (nSPS) is 14.8. The first kappa shape index (κ1) is 22.3. The number of aromatic nitrogens is 1. The van der Waals surface area contributed by atoms with Crippen LogP contribution >= 0.6 is 23.1 Å². The average Bonchev–Trinajstić information content (AvgIpc) is 3.23. The van der Waals surface area contributed by atoms with E-state index < -0.39 is 0 Å². The van der Waals surface area contributed by atoms with E-state index in [-0.39, 0.29) is 5.91 Å². The molecule has 2 aromatic carbocycles. The van der Waals surface area contributed by atoms with Crippen LogP contribution < -0.4 is 4.90 Å². The largest absolute Gasteiger partial charge is 0.379 e. The van der Waals surface area contributed by atoms with Gasteiger partial charge < -0.3 is 4.74 Å². The number of morpholine rings is 1. The molecule has 0 saturated carbocycles. The lowest BCUT2D eigenvalue weighted by Crippen LogP contribution is -2.43. The van der Waals surface area contributed by atoms with Crippen molar-refractivity contribution in [3.05, 3.63) is 53.6 Å². The standard InChI is InChI=1S/C24H29N3O2S2/c1-3-19-5-4-6-21-23(19)25-24(31-21)27(12-11-26-13-15-29-16-14-26)22(28)17-30-20-9-7-18(2)8-10-20/h4-10H,3,11-17H2,1-2H3. The lowest BCUT2D eigenvalue weighted by atomic mass is 10.1. The van der Waals surface area contributed by atoms with Crippen LogP contribution in [0.1, 0.15) is 18.1 Å². The fourth-order valence-electron chi connectivity index (χ4n) is 3.65. The minimum Gasteiger partial charge on any atom is -0.379 e. The number of aryl methyl sites for hydroxylation is 2. The number of para-hydroxylation sites is 1. The highest BCUT2D eigenvalue weighted by Crippen LogP contribution is 2.32. The fourth-order valence-corrected chi connectivity index (χ4v) is 5.48. The van der Waals surface area contributed by atoms with E-state index in [2.05, 4.69) is 61.2 Å². The molecule has 0 bridgehead atoms. The van der Waals surface area contributed by atoms with Crippen molar-refractivity contribution in [1.29, 1.82) is 0 Å². The van der Waals surface area contributed by atoms with Crippen molar-refractivity contribution in [1.82, 2.24) is 9.88 Å². The first-order chi connectivity index (χ1) is 15.1. The number of hydrogen-bond donors (Lipinski definition) is 0. The zero-order valence-corrected chi connectivity index (χ0v) is 19.8. The molecule has 1 aromatic heterocycles. The average molecular weight is 456 g/mol. The molecule has 1 fully saturated rings. The van der Waals surface area contributed by atoms with Crippen LogP contribution in [0.3, 0.4) is 0 Å². The van der Waals surface area contributed by atoms with Gasteiger partial charge in [0, 0.05) is 31.1 Å². The van der Waals surface area contributed by atoms with Gasteiger partial charge in [0.15, 0.2) is 5.13 Å². The summed E-state index contributed by atoms with van der Waals surface area (Å²) >= 11 is 3.20. The topological polar surface area (TPSA) is 45.7 Å². The third kappa shape index (κ3) is 5.66. The van der Waals surface area contributed by atoms with Gasteiger partial charge >= 0.3 is 0 Å². The number of hydrogen-bond acceptors (Lipinski definition) is 6. The number of rotatable bonds is 8. The molecule has 31 heavy (non-hydrogen) atoms. The Hall–Kier alpha value is -1.93. The minimum atomic E-state index is 0.107. The molecule has 0 unspecified atom stereocenters. The number of nitrogens with zero attached hydrogens (tertiary/aromatic N) is 3. The van der Waals surface area contributed by atoms with Crippen molar-refractivity contribution >= 4 is 44.4 Å². The molecule has 1 saturated heterocycles. The second-order valence-electron chi connectivity index (χ2n) is 7.71. The van der Waals surface area contributed by atoms with Gasteiger partial charge in [0.2, 0.25) is 5.91 Å². The van der Waals surface area contributed by atoms with Crippen molar-refractivity contribution < 1.29 is 9.53 Å². The maximum atomic E-state index is 13.3. The van der Waals surface area contributed by atoms with Crippen LogP contribution in [0.2, 0.25) is 0 Å². The molecule has 0 atom stereocenters. The van der Waals surface area contributed by atoms with Crippen molar-refractivity contribution in [3.63, 3.8) is 0 Å². The number of benzene rings is 2. The molecule has 1 amide bonds. The molecule has 0 spiro atoms. The van der Waals surface area contributed by atoms with E-state index in [0.717, 1.165) is 59.5 Å². The maximum Gasteiger partial charge on any atom is 0.239 e. The van der Waals surface area contributed by atoms with Crippen LogP contribution in [0.25, 0.3) is 10.2 Å². The van der Waals surface area contributed by atoms with Gasteiger partial charge in [-0.25, -0.2) is 4.98 Å². The third-order valence-electron chi connectivity index (χ3n) is 5.53. The van der Waals surface area contributed by atoms with E-state index in [4.69, 9.17) is 9.72 Å². The van der Waals surface area contributed by atoms with E-state index in [9.17, 15) is 4.79 Å². The summed E-state index contributed by atoms with van der Waals surface area (Å²) in [7, 11) is 0. The van der Waals surface area contributed by atoms with Gasteiger partial charge in [-0.3, -0.25) is 14.6 Å². The Labute approximate surface area is 192 Å². The Kier molecular flexibility index (Phi) is 7.61. The zero-order valence-electron chi connectivity index (χ0n) is 18.2. The predicted molar refractivity (Wildman–Crippen MR) is 131 cm³/mol. The SMILES string of the molecule is CCc1cccc2sc(N(CCN3CCOCC3)C(=O)CSc3ccc(C)cc3)nc12. The van der Waals surface area contributed by atoms with Crippen molar-refractivity contribution in [2.75, 3.05) is 50.0 Å². The van der Waals surface area contributed by atoms with E-state index >= 15 is 0 Å².